The molecular formula is C19H29N3O3S. The first-order chi connectivity index (χ1) is 12.5. The van der Waals surface area contributed by atoms with Gasteiger partial charge in [-0.05, 0) is 49.9 Å². The van der Waals surface area contributed by atoms with Crippen molar-refractivity contribution in [2.75, 3.05) is 18.4 Å². The molecule has 1 aromatic rings. The molecule has 3 rings (SSSR count). The minimum absolute atomic E-state index is 0.0381. The predicted octanol–water partition coefficient (Wildman–Crippen LogP) is 3.71. The summed E-state index contributed by atoms with van der Waals surface area (Å²) in [7, 11) is -3.50. The molecule has 1 aromatic carbocycles. The van der Waals surface area contributed by atoms with Gasteiger partial charge >= 0.3 is 6.03 Å². The predicted molar refractivity (Wildman–Crippen MR) is 103 cm³/mol. The minimum Gasteiger partial charge on any atom is -0.325 e. The van der Waals surface area contributed by atoms with Gasteiger partial charge in [-0.2, -0.15) is 0 Å². The molecule has 26 heavy (non-hydrogen) atoms. The molecule has 2 fully saturated rings. The third-order valence-electron chi connectivity index (χ3n) is 5.24. The van der Waals surface area contributed by atoms with Crippen LogP contribution in [0.1, 0.15) is 57.8 Å². The van der Waals surface area contributed by atoms with Crippen LogP contribution in [-0.4, -0.2) is 38.5 Å². The molecule has 0 atom stereocenters. The second-order valence-corrected chi connectivity index (χ2v) is 9.03. The SMILES string of the molecule is O=C(Nc1ccc(S(=O)(=O)NC2CCCCC2)cc1)N1CCCCCC1. The number of hydrogen-bond donors (Lipinski definition) is 2. The summed E-state index contributed by atoms with van der Waals surface area (Å²) in [6.07, 6.45) is 9.57. The summed E-state index contributed by atoms with van der Waals surface area (Å²) < 4.78 is 27.8. The molecule has 1 heterocycles. The molecule has 2 N–H and O–H groups in total. The van der Waals surface area contributed by atoms with Gasteiger partial charge in [0.25, 0.3) is 0 Å². The molecule has 2 amide bonds. The van der Waals surface area contributed by atoms with Gasteiger partial charge in [-0.1, -0.05) is 32.1 Å². The fourth-order valence-electron chi connectivity index (χ4n) is 3.70. The van der Waals surface area contributed by atoms with Crippen molar-refractivity contribution in [2.45, 2.75) is 68.7 Å². The zero-order chi connectivity index (χ0) is 18.4. The van der Waals surface area contributed by atoms with E-state index in [0.717, 1.165) is 51.6 Å². The third-order valence-corrected chi connectivity index (χ3v) is 6.77. The molecular weight excluding hydrogens is 350 g/mol. The summed E-state index contributed by atoms with van der Waals surface area (Å²) in [6, 6.07) is 6.36. The van der Waals surface area contributed by atoms with Gasteiger partial charge in [-0.25, -0.2) is 17.9 Å². The number of benzene rings is 1. The van der Waals surface area contributed by atoms with Gasteiger partial charge in [-0.15, -0.1) is 0 Å². The first kappa shape index (κ1) is 19.2. The highest BCUT2D eigenvalue weighted by molar-refractivity contribution is 7.89. The summed E-state index contributed by atoms with van der Waals surface area (Å²) in [5, 5.41) is 2.87. The van der Waals surface area contributed by atoms with Crippen molar-refractivity contribution >= 4 is 21.7 Å². The van der Waals surface area contributed by atoms with Crippen LogP contribution in [-0.2, 0) is 10.0 Å². The smallest absolute Gasteiger partial charge is 0.321 e. The van der Waals surface area contributed by atoms with Crippen LogP contribution in [0.4, 0.5) is 10.5 Å². The Morgan fingerprint density at radius 3 is 2.08 bits per heavy atom. The molecule has 1 aliphatic carbocycles. The van der Waals surface area contributed by atoms with Crippen LogP contribution in [0.25, 0.3) is 0 Å². The normalized spacial score (nSPS) is 19.8. The molecule has 6 nitrogen and oxygen atoms in total. The van der Waals surface area contributed by atoms with E-state index < -0.39 is 10.0 Å². The number of carbonyl (C=O) groups is 1. The maximum Gasteiger partial charge on any atom is 0.321 e. The van der Waals surface area contributed by atoms with Crippen molar-refractivity contribution in [3.8, 4) is 0 Å². The summed E-state index contributed by atoms with van der Waals surface area (Å²) in [5.74, 6) is 0. The van der Waals surface area contributed by atoms with E-state index in [9.17, 15) is 13.2 Å². The number of carbonyl (C=O) groups excluding carboxylic acids is 1. The number of amides is 2. The van der Waals surface area contributed by atoms with Crippen LogP contribution in [0.2, 0.25) is 0 Å². The Morgan fingerprint density at radius 2 is 1.46 bits per heavy atom. The van der Waals surface area contributed by atoms with Crippen molar-refractivity contribution < 1.29 is 13.2 Å². The first-order valence-corrected chi connectivity index (χ1v) is 11.2. The molecule has 144 valence electrons. The Hall–Kier alpha value is -1.60. The number of rotatable bonds is 4. The molecule has 7 heteroatoms. The topological polar surface area (TPSA) is 78.5 Å². The van der Waals surface area contributed by atoms with Crippen molar-refractivity contribution in [1.82, 2.24) is 9.62 Å². The van der Waals surface area contributed by atoms with Gasteiger partial charge in [0.2, 0.25) is 10.0 Å². The lowest BCUT2D eigenvalue weighted by atomic mass is 9.96. The van der Waals surface area contributed by atoms with E-state index in [0.29, 0.717) is 5.69 Å². The van der Waals surface area contributed by atoms with Crippen LogP contribution in [0, 0.1) is 0 Å². The number of hydrogen-bond acceptors (Lipinski definition) is 3. The maximum atomic E-state index is 12.5. The van der Waals surface area contributed by atoms with Crippen LogP contribution in [0.15, 0.2) is 29.2 Å². The average Bonchev–Trinajstić information content (AvgIpc) is 2.92. The zero-order valence-corrected chi connectivity index (χ0v) is 16.1. The maximum absolute atomic E-state index is 12.5. The van der Waals surface area contributed by atoms with Gasteiger partial charge in [0.1, 0.15) is 0 Å². The zero-order valence-electron chi connectivity index (χ0n) is 15.2. The lowest BCUT2D eigenvalue weighted by molar-refractivity contribution is 0.214. The first-order valence-electron chi connectivity index (χ1n) is 9.73. The average molecular weight is 380 g/mol. The van der Waals surface area contributed by atoms with Crippen molar-refractivity contribution in [3.63, 3.8) is 0 Å². The monoisotopic (exact) mass is 379 g/mol. The summed E-state index contributed by atoms with van der Waals surface area (Å²) in [5.41, 5.74) is 0.621. The van der Waals surface area contributed by atoms with E-state index in [1.54, 1.807) is 24.3 Å². The molecule has 0 spiro atoms. The lowest BCUT2D eigenvalue weighted by Crippen LogP contribution is -2.36. The third kappa shape index (κ3) is 5.20. The van der Waals surface area contributed by atoms with Crippen LogP contribution < -0.4 is 10.0 Å². The molecule has 1 aliphatic heterocycles. The summed E-state index contributed by atoms with van der Waals surface area (Å²) in [4.78, 5) is 14.4. The summed E-state index contributed by atoms with van der Waals surface area (Å²) >= 11 is 0. The lowest BCUT2D eigenvalue weighted by Gasteiger charge is -2.23. The molecule has 0 unspecified atom stereocenters. The van der Waals surface area contributed by atoms with E-state index in [1.807, 2.05) is 4.90 Å². The Balaban J connectivity index is 1.59. The molecule has 0 aromatic heterocycles. The van der Waals surface area contributed by atoms with Crippen LogP contribution in [0.5, 0.6) is 0 Å². The quantitative estimate of drug-likeness (QED) is 0.837. The van der Waals surface area contributed by atoms with E-state index in [2.05, 4.69) is 10.0 Å². The number of sulfonamides is 1. The van der Waals surface area contributed by atoms with Crippen LogP contribution >= 0.6 is 0 Å². The Morgan fingerprint density at radius 1 is 0.885 bits per heavy atom. The van der Waals surface area contributed by atoms with Crippen molar-refractivity contribution in [2.24, 2.45) is 0 Å². The van der Waals surface area contributed by atoms with Gasteiger partial charge in [-0.3, -0.25) is 0 Å². The minimum atomic E-state index is -3.50. The highest BCUT2D eigenvalue weighted by Crippen LogP contribution is 2.21. The largest absolute Gasteiger partial charge is 0.325 e. The van der Waals surface area contributed by atoms with Gasteiger partial charge in [0.05, 0.1) is 4.90 Å². The molecule has 1 saturated carbocycles. The van der Waals surface area contributed by atoms with Crippen molar-refractivity contribution in [1.29, 1.82) is 0 Å². The number of likely N-dealkylation sites (tertiary alicyclic amines) is 1. The Bertz CT molecular complexity index is 689. The molecule has 1 saturated heterocycles. The van der Waals surface area contributed by atoms with Gasteiger partial charge < -0.3 is 10.2 Å². The van der Waals surface area contributed by atoms with E-state index >= 15 is 0 Å². The number of nitrogens with zero attached hydrogens (tertiary/aromatic N) is 1. The Kier molecular flexibility index (Phi) is 6.53. The molecule has 0 bridgehead atoms. The van der Waals surface area contributed by atoms with E-state index in [-0.39, 0.29) is 17.0 Å². The second kappa shape index (κ2) is 8.86. The fourth-order valence-corrected chi connectivity index (χ4v) is 5.01. The summed E-state index contributed by atoms with van der Waals surface area (Å²) in [6.45, 7) is 1.56. The van der Waals surface area contributed by atoms with Gasteiger partial charge in [0.15, 0.2) is 0 Å². The second-order valence-electron chi connectivity index (χ2n) is 7.31. The van der Waals surface area contributed by atoms with Crippen LogP contribution in [0.3, 0.4) is 0 Å². The standard InChI is InChI=1S/C19H29N3O3S/c23-19(22-14-6-1-2-7-15-22)20-16-10-12-18(13-11-16)26(24,25)21-17-8-4-3-5-9-17/h10-13,17,21H,1-9,14-15H2,(H,20,23). The van der Waals surface area contributed by atoms with E-state index in [4.69, 9.17) is 0 Å². The fraction of sp³-hybridized carbons (Fsp3) is 0.632. The molecule has 2 aliphatic rings. The van der Waals surface area contributed by atoms with Crippen molar-refractivity contribution in [3.05, 3.63) is 24.3 Å². The number of nitrogens with one attached hydrogen (secondary N) is 2. The van der Waals surface area contributed by atoms with Gasteiger partial charge in [0, 0.05) is 24.8 Å². The highest BCUT2D eigenvalue weighted by Gasteiger charge is 2.22. The number of urea groups is 1. The highest BCUT2D eigenvalue weighted by atomic mass is 32.2. The Labute approximate surface area is 156 Å². The van der Waals surface area contributed by atoms with E-state index in [1.165, 1.54) is 19.3 Å². The molecule has 0 radical (unpaired) electrons. The number of anilines is 1.